The number of hydrogen-bond acceptors (Lipinski definition) is 3. The van der Waals surface area contributed by atoms with Gasteiger partial charge < -0.3 is 4.90 Å². The summed E-state index contributed by atoms with van der Waals surface area (Å²) in [4.78, 5) is 9.67. The lowest BCUT2D eigenvalue weighted by Crippen LogP contribution is -2.47. The Labute approximate surface area is 110 Å². The van der Waals surface area contributed by atoms with E-state index in [0.717, 1.165) is 24.9 Å². The fraction of sp³-hybridized carbons (Fsp3) is 0.667. The summed E-state index contributed by atoms with van der Waals surface area (Å²) in [6.45, 7) is 9.10. The van der Waals surface area contributed by atoms with Gasteiger partial charge in [-0.2, -0.15) is 0 Å². The van der Waals surface area contributed by atoms with E-state index in [1.165, 1.54) is 31.5 Å². The van der Waals surface area contributed by atoms with Gasteiger partial charge >= 0.3 is 0 Å². The van der Waals surface area contributed by atoms with E-state index in [-0.39, 0.29) is 0 Å². The number of nitrogens with zero attached hydrogens (tertiary/aromatic N) is 3. The minimum absolute atomic E-state index is 0.568. The van der Waals surface area contributed by atoms with Gasteiger partial charge in [-0.05, 0) is 30.4 Å². The van der Waals surface area contributed by atoms with E-state index in [1.807, 2.05) is 6.20 Å². The first-order chi connectivity index (χ1) is 8.74. The van der Waals surface area contributed by atoms with Crippen LogP contribution in [-0.4, -0.2) is 42.1 Å². The predicted octanol–water partition coefficient (Wildman–Crippen LogP) is 2.49. The molecule has 0 aromatic carbocycles. The molecule has 0 atom stereocenters. The average molecular weight is 245 g/mol. The lowest BCUT2D eigenvalue weighted by atomic mass is 10.1. The zero-order chi connectivity index (χ0) is 12.5. The minimum Gasteiger partial charge on any atom is -0.354 e. The van der Waals surface area contributed by atoms with E-state index >= 15 is 0 Å². The Balaban J connectivity index is 1.61. The largest absolute Gasteiger partial charge is 0.354 e. The smallest absolute Gasteiger partial charge is 0.128 e. The molecule has 2 fully saturated rings. The molecular weight excluding hydrogens is 222 g/mol. The number of pyridine rings is 1. The van der Waals surface area contributed by atoms with Gasteiger partial charge in [-0.15, -0.1) is 0 Å². The van der Waals surface area contributed by atoms with Crippen LogP contribution in [0.5, 0.6) is 0 Å². The van der Waals surface area contributed by atoms with Crippen LogP contribution >= 0.6 is 0 Å². The van der Waals surface area contributed by atoms with Crippen molar-refractivity contribution in [2.24, 2.45) is 0 Å². The molecule has 0 spiro atoms. The van der Waals surface area contributed by atoms with E-state index in [0.29, 0.717) is 5.92 Å². The van der Waals surface area contributed by atoms with Crippen LogP contribution in [0, 0.1) is 0 Å². The molecule has 0 N–H and O–H groups in total. The van der Waals surface area contributed by atoms with E-state index in [4.69, 9.17) is 0 Å². The van der Waals surface area contributed by atoms with Gasteiger partial charge in [0.05, 0.1) is 0 Å². The van der Waals surface area contributed by atoms with Gasteiger partial charge in [0, 0.05) is 38.4 Å². The summed E-state index contributed by atoms with van der Waals surface area (Å²) in [6, 6.07) is 5.31. The SMILES string of the molecule is CC(C)c1ccc(N2CCN(C3CC3)CC2)nc1. The zero-order valence-corrected chi connectivity index (χ0v) is 11.5. The highest BCUT2D eigenvalue weighted by Gasteiger charge is 2.31. The fourth-order valence-corrected chi connectivity index (χ4v) is 2.68. The third-order valence-electron chi connectivity index (χ3n) is 4.14. The molecule has 1 aromatic rings. The molecule has 1 saturated heterocycles. The topological polar surface area (TPSA) is 19.4 Å². The lowest BCUT2D eigenvalue weighted by Gasteiger charge is -2.35. The molecule has 1 aliphatic carbocycles. The zero-order valence-electron chi connectivity index (χ0n) is 11.5. The Morgan fingerprint density at radius 1 is 1.11 bits per heavy atom. The Morgan fingerprint density at radius 2 is 1.83 bits per heavy atom. The predicted molar refractivity (Wildman–Crippen MR) is 75.1 cm³/mol. The molecule has 3 nitrogen and oxygen atoms in total. The molecule has 18 heavy (non-hydrogen) atoms. The molecule has 1 saturated carbocycles. The summed E-state index contributed by atoms with van der Waals surface area (Å²) in [7, 11) is 0. The molecule has 3 heteroatoms. The van der Waals surface area contributed by atoms with Crippen molar-refractivity contribution in [2.75, 3.05) is 31.1 Å². The third kappa shape index (κ3) is 2.51. The molecule has 98 valence electrons. The molecule has 0 bridgehead atoms. The van der Waals surface area contributed by atoms with Crippen molar-refractivity contribution in [2.45, 2.75) is 38.6 Å². The summed E-state index contributed by atoms with van der Waals surface area (Å²) in [5, 5.41) is 0. The molecule has 0 amide bonds. The summed E-state index contributed by atoms with van der Waals surface area (Å²) in [5.41, 5.74) is 1.33. The highest BCUT2D eigenvalue weighted by Crippen LogP contribution is 2.28. The van der Waals surface area contributed by atoms with Crippen LogP contribution < -0.4 is 4.90 Å². The van der Waals surface area contributed by atoms with Crippen LogP contribution in [0.3, 0.4) is 0 Å². The van der Waals surface area contributed by atoms with Gasteiger partial charge in [0.15, 0.2) is 0 Å². The maximum Gasteiger partial charge on any atom is 0.128 e. The maximum absolute atomic E-state index is 4.62. The van der Waals surface area contributed by atoms with Crippen molar-refractivity contribution in [1.29, 1.82) is 0 Å². The van der Waals surface area contributed by atoms with E-state index in [2.05, 4.69) is 40.8 Å². The third-order valence-corrected chi connectivity index (χ3v) is 4.14. The number of hydrogen-bond donors (Lipinski definition) is 0. The summed E-state index contributed by atoms with van der Waals surface area (Å²) in [6.07, 6.45) is 4.87. The second-order valence-corrected chi connectivity index (χ2v) is 5.86. The Hall–Kier alpha value is -1.09. The molecule has 0 radical (unpaired) electrons. The van der Waals surface area contributed by atoms with Gasteiger partial charge in [-0.1, -0.05) is 19.9 Å². The highest BCUT2D eigenvalue weighted by atomic mass is 15.3. The van der Waals surface area contributed by atoms with Crippen molar-refractivity contribution in [3.63, 3.8) is 0 Å². The molecule has 2 heterocycles. The van der Waals surface area contributed by atoms with E-state index in [1.54, 1.807) is 0 Å². The van der Waals surface area contributed by atoms with Crippen LogP contribution in [0.15, 0.2) is 18.3 Å². The molecular formula is C15H23N3. The first-order valence-electron chi connectivity index (χ1n) is 7.19. The van der Waals surface area contributed by atoms with Gasteiger partial charge in [0.1, 0.15) is 5.82 Å². The molecule has 1 aromatic heterocycles. The Kier molecular flexibility index (Phi) is 3.25. The van der Waals surface area contributed by atoms with Crippen LogP contribution in [0.4, 0.5) is 5.82 Å². The van der Waals surface area contributed by atoms with Crippen molar-refractivity contribution >= 4 is 5.82 Å². The minimum atomic E-state index is 0.568. The average Bonchev–Trinajstić information content (AvgIpc) is 3.23. The molecule has 3 rings (SSSR count). The monoisotopic (exact) mass is 245 g/mol. The molecule has 2 aliphatic rings. The fourth-order valence-electron chi connectivity index (χ4n) is 2.68. The highest BCUT2D eigenvalue weighted by molar-refractivity contribution is 5.40. The van der Waals surface area contributed by atoms with Crippen molar-refractivity contribution in [1.82, 2.24) is 9.88 Å². The summed E-state index contributed by atoms with van der Waals surface area (Å²) < 4.78 is 0. The van der Waals surface area contributed by atoms with Crippen LogP contribution in [-0.2, 0) is 0 Å². The molecule has 0 unspecified atom stereocenters. The number of aromatic nitrogens is 1. The first-order valence-corrected chi connectivity index (χ1v) is 7.19. The standard InChI is InChI=1S/C15H23N3/c1-12(2)13-3-6-15(16-11-13)18-9-7-17(8-10-18)14-4-5-14/h3,6,11-12,14H,4-5,7-10H2,1-2H3. The van der Waals surface area contributed by atoms with Crippen molar-refractivity contribution in [3.8, 4) is 0 Å². The first kappa shape index (κ1) is 12.0. The molecule has 1 aliphatic heterocycles. The van der Waals surface area contributed by atoms with Crippen LogP contribution in [0.2, 0.25) is 0 Å². The summed E-state index contributed by atoms with van der Waals surface area (Å²) in [5.74, 6) is 1.72. The van der Waals surface area contributed by atoms with Crippen LogP contribution in [0.1, 0.15) is 38.2 Å². The van der Waals surface area contributed by atoms with E-state index < -0.39 is 0 Å². The second kappa shape index (κ2) is 4.88. The van der Waals surface area contributed by atoms with Gasteiger partial charge in [0.25, 0.3) is 0 Å². The number of anilines is 1. The van der Waals surface area contributed by atoms with Crippen molar-refractivity contribution < 1.29 is 0 Å². The Morgan fingerprint density at radius 3 is 2.33 bits per heavy atom. The summed E-state index contributed by atoms with van der Waals surface area (Å²) >= 11 is 0. The normalized spacial score (nSPS) is 21.6. The maximum atomic E-state index is 4.62. The van der Waals surface area contributed by atoms with Gasteiger partial charge in [-0.25, -0.2) is 4.98 Å². The van der Waals surface area contributed by atoms with Crippen LogP contribution in [0.25, 0.3) is 0 Å². The second-order valence-electron chi connectivity index (χ2n) is 5.86. The lowest BCUT2D eigenvalue weighted by molar-refractivity contribution is 0.247. The Bertz CT molecular complexity index is 387. The quantitative estimate of drug-likeness (QED) is 0.815. The van der Waals surface area contributed by atoms with Gasteiger partial charge in [-0.3, -0.25) is 4.90 Å². The van der Waals surface area contributed by atoms with Gasteiger partial charge in [0.2, 0.25) is 0 Å². The number of rotatable bonds is 3. The van der Waals surface area contributed by atoms with E-state index in [9.17, 15) is 0 Å². The van der Waals surface area contributed by atoms with Crippen molar-refractivity contribution in [3.05, 3.63) is 23.9 Å². The number of piperazine rings is 1.